The van der Waals surface area contributed by atoms with Gasteiger partial charge in [-0.05, 0) is 18.6 Å². The fourth-order valence-corrected chi connectivity index (χ4v) is 4.32. The van der Waals surface area contributed by atoms with Crippen LogP contribution in [0.2, 0.25) is 0 Å². The average Bonchev–Trinajstić information content (AvgIpc) is 3.29. The normalized spacial score (nSPS) is 16.7. The average molecular weight is 600 g/mol. The Morgan fingerprint density at radius 3 is 1.98 bits per heavy atom. The number of alkyl halides is 1. The van der Waals surface area contributed by atoms with Crippen LogP contribution < -0.4 is 10.6 Å². The van der Waals surface area contributed by atoms with E-state index >= 15 is 0 Å². The highest BCUT2D eigenvalue weighted by atomic mass is 35.5. The lowest BCUT2D eigenvalue weighted by Crippen LogP contribution is -2.52. The van der Waals surface area contributed by atoms with Gasteiger partial charge in [0.25, 0.3) is 5.91 Å². The van der Waals surface area contributed by atoms with Crippen LogP contribution in [0.3, 0.4) is 0 Å². The fourth-order valence-electron chi connectivity index (χ4n) is 4.21. The summed E-state index contributed by atoms with van der Waals surface area (Å²) in [6.45, 7) is 4.71. The number of halogens is 1. The van der Waals surface area contributed by atoms with Gasteiger partial charge in [-0.1, -0.05) is 6.07 Å². The van der Waals surface area contributed by atoms with Crippen LogP contribution >= 0.6 is 11.6 Å². The number of hydrogen-bond acceptors (Lipinski definition) is 10. The van der Waals surface area contributed by atoms with Crippen LogP contribution in [0.25, 0.3) is 0 Å². The Balaban J connectivity index is 1.20. The van der Waals surface area contributed by atoms with Crippen LogP contribution in [0.4, 0.5) is 5.69 Å². The first-order valence-corrected chi connectivity index (χ1v) is 14.1. The maximum atomic E-state index is 12.9. The Morgan fingerprint density at radius 2 is 1.41 bits per heavy atom. The third-order valence-corrected chi connectivity index (χ3v) is 6.33. The molecule has 3 rings (SSSR count). The molecule has 2 aliphatic rings. The van der Waals surface area contributed by atoms with Crippen molar-refractivity contribution in [2.45, 2.75) is 25.4 Å². The number of anilines is 1. The van der Waals surface area contributed by atoms with Crippen LogP contribution in [0.15, 0.2) is 18.2 Å². The first-order valence-electron chi connectivity index (χ1n) is 13.6. The van der Waals surface area contributed by atoms with Crippen molar-refractivity contribution in [2.75, 3.05) is 90.5 Å². The molecule has 0 radical (unpaired) electrons. The second kappa shape index (κ2) is 18.7. The maximum Gasteiger partial charge on any atom is 0.255 e. The van der Waals surface area contributed by atoms with E-state index in [0.717, 1.165) is 0 Å². The van der Waals surface area contributed by atoms with E-state index in [4.69, 9.17) is 40.0 Å². The molecule has 0 spiro atoms. The van der Waals surface area contributed by atoms with Gasteiger partial charge in [0.15, 0.2) is 0 Å². The molecule has 1 unspecified atom stereocenters. The monoisotopic (exact) mass is 599 g/mol. The summed E-state index contributed by atoms with van der Waals surface area (Å²) in [5.74, 6) is -1.04. The van der Waals surface area contributed by atoms with Gasteiger partial charge in [-0.2, -0.15) is 0 Å². The molecule has 1 aromatic rings. The molecule has 0 saturated carbocycles. The predicted octanol–water partition coefficient (Wildman–Crippen LogP) is 0.725. The molecule has 1 fully saturated rings. The molecule has 0 aliphatic carbocycles. The van der Waals surface area contributed by atoms with Crippen LogP contribution in [-0.4, -0.2) is 120 Å². The first kappa shape index (κ1) is 32.9. The van der Waals surface area contributed by atoms with E-state index in [9.17, 15) is 19.2 Å². The van der Waals surface area contributed by atoms with E-state index in [1.807, 2.05) is 0 Å². The van der Waals surface area contributed by atoms with Gasteiger partial charge in [-0.3, -0.25) is 24.5 Å². The minimum absolute atomic E-state index is 0.166. The van der Waals surface area contributed by atoms with E-state index in [-0.39, 0.29) is 50.3 Å². The summed E-state index contributed by atoms with van der Waals surface area (Å²) in [5, 5.41) is 5.05. The number of benzene rings is 1. The molecule has 1 aromatic carbocycles. The summed E-state index contributed by atoms with van der Waals surface area (Å²) in [6.07, 6.45) is 0.443. The number of hydrogen-bond donors (Lipinski definition) is 2. The molecule has 228 valence electrons. The lowest BCUT2D eigenvalue weighted by Gasteiger charge is -2.29. The number of piperidine rings is 1. The van der Waals surface area contributed by atoms with Crippen molar-refractivity contribution in [1.82, 2.24) is 10.2 Å². The molecule has 1 saturated heterocycles. The summed E-state index contributed by atoms with van der Waals surface area (Å²) in [4.78, 5) is 50.5. The third-order valence-electron chi connectivity index (χ3n) is 6.17. The molecule has 2 N–H and O–H groups in total. The lowest BCUT2D eigenvalue weighted by molar-refractivity contribution is -0.137. The van der Waals surface area contributed by atoms with Gasteiger partial charge in [-0.25, -0.2) is 0 Å². The highest BCUT2D eigenvalue weighted by Gasteiger charge is 2.39. The predicted molar refractivity (Wildman–Crippen MR) is 147 cm³/mol. The minimum Gasteiger partial charge on any atom is -0.378 e. The van der Waals surface area contributed by atoms with Crippen molar-refractivity contribution in [1.29, 1.82) is 0 Å². The highest BCUT2D eigenvalue weighted by Crippen LogP contribution is 2.32. The summed E-state index contributed by atoms with van der Waals surface area (Å²) in [6, 6.07) is 4.30. The number of fused-ring (bicyclic) bond motifs is 1. The van der Waals surface area contributed by atoms with Gasteiger partial charge in [-0.15, -0.1) is 11.6 Å². The Kier molecular flexibility index (Phi) is 15.0. The minimum atomic E-state index is -0.721. The number of rotatable bonds is 21. The quantitative estimate of drug-likeness (QED) is 0.117. The smallest absolute Gasteiger partial charge is 0.255 e. The van der Waals surface area contributed by atoms with Crippen LogP contribution in [0.1, 0.15) is 28.8 Å². The second-order valence-corrected chi connectivity index (χ2v) is 9.46. The SMILES string of the molecule is O=C1CCC(N2Cc3c(NC(=O)COCCOCCOCCOCCOCCOCCCl)cccc3C2=O)C(=O)N1. The molecule has 4 amide bonds. The number of carbonyl (C=O) groups is 4. The van der Waals surface area contributed by atoms with E-state index in [2.05, 4.69) is 10.6 Å². The third kappa shape index (κ3) is 11.3. The zero-order valence-corrected chi connectivity index (χ0v) is 23.8. The molecule has 13 nitrogen and oxygen atoms in total. The Hall–Kier alpha value is -2.65. The summed E-state index contributed by atoms with van der Waals surface area (Å²) >= 11 is 5.50. The maximum absolute atomic E-state index is 12.9. The Labute approximate surface area is 244 Å². The van der Waals surface area contributed by atoms with E-state index in [1.165, 1.54) is 4.90 Å². The van der Waals surface area contributed by atoms with Gasteiger partial charge in [0, 0.05) is 35.7 Å². The van der Waals surface area contributed by atoms with Crippen molar-refractivity contribution >= 4 is 40.9 Å². The largest absolute Gasteiger partial charge is 0.378 e. The molecule has 0 aromatic heterocycles. The van der Waals surface area contributed by atoms with E-state index < -0.39 is 11.9 Å². The number of carbonyl (C=O) groups excluding carboxylic acids is 4. The number of imide groups is 1. The van der Waals surface area contributed by atoms with E-state index in [0.29, 0.717) is 88.8 Å². The van der Waals surface area contributed by atoms with Crippen LogP contribution in [0.5, 0.6) is 0 Å². The number of nitrogens with one attached hydrogen (secondary N) is 2. The summed E-state index contributed by atoms with van der Waals surface area (Å²) < 4.78 is 32.2. The molecule has 2 aliphatic heterocycles. The van der Waals surface area contributed by atoms with Crippen molar-refractivity contribution in [3.63, 3.8) is 0 Å². The zero-order chi connectivity index (χ0) is 29.3. The van der Waals surface area contributed by atoms with Crippen LogP contribution in [0, 0.1) is 0 Å². The zero-order valence-electron chi connectivity index (χ0n) is 23.0. The van der Waals surface area contributed by atoms with Gasteiger partial charge >= 0.3 is 0 Å². The molecule has 0 bridgehead atoms. The van der Waals surface area contributed by atoms with Crippen molar-refractivity contribution in [3.8, 4) is 0 Å². The molecular formula is C27H38ClN3O10. The standard InChI is InChI=1S/C27H38ClN3O10/c28-6-7-36-8-9-37-10-11-38-12-13-39-14-15-40-16-17-41-19-25(33)29-22-3-1-2-20-21(22)18-31(27(20)35)23-4-5-24(32)30-26(23)34/h1-3,23H,4-19H2,(H,29,33)(H,30,32,34). The lowest BCUT2D eigenvalue weighted by atomic mass is 10.0. The summed E-state index contributed by atoms with van der Waals surface area (Å²) in [7, 11) is 0. The van der Waals surface area contributed by atoms with Gasteiger partial charge in [0.1, 0.15) is 12.6 Å². The molecule has 2 heterocycles. The summed E-state index contributed by atoms with van der Waals surface area (Å²) in [5.41, 5.74) is 1.53. The van der Waals surface area contributed by atoms with E-state index in [1.54, 1.807) is 18.2 Å². The first-order chi connectivity index (χ1) is 20.0. The molecule has 1 atom stereocenters. The van der Waals surface area contributed by atoms with Crippen molar-refractivity contribution < 1.29 is 47.6 Å². The fraction of sp³-hybridized carbons (Fsp3) is 0.630. The van der Waals surface area contributed by atoms with Gasteiger partial charge in [0.05, 0.1) is 72.7 Å². The number of amides is 4. The Bertz CT molecular complexity index is 1010. The molecular weight excluding hydrogens is 562 g/mol. The van der Waals surface area contributed by atoms with Crippen molar-refractivity contribution in [2.24, 2.45) is 0 Å². The van der Waals surface area contributed by atoms with Crippen molar-refractivity contribution in [3.05, 3.63) is 29.3 Å². The number of nitrogens with zero attached hydrogens (tertiary/aromatic N) is 1. The molecule has 14 heteroatoms. The molecule has 41 heavy (non-hydrogen) atoms. The number of ether oxygens (including phenoxy) is 6. The van der Waals surface area contributed by atoms with Gasteiger partial charge < -0.3 is 38.6 Å². The highest BCUT2D eigenvalue weighted by molar-refractivity contribution is 6.18. The Morgan fingerprint density at radius 1 is 0.854 bits per heavy atom. The second-order valence-electron chi connectivity index (χ2n) is 9.08. The van der Waals surface area contributed by atoms with Crippen LogP contribution in [-0.2, 0) is 49.3 Å². The van der Waals surface area contributed by atoms with Gasteiger partial charge in [0.2, 0.25) is 17.7 Å². The topological polar surface area (TPSA) is 151 Å².